The smallest absolute Gasteiger partial charge is 0.416 e. The maximum absolute atomic E-state index is 15.0. The van der Waals surface area contributed by atoms with Crippen LogP contribution in [0.3, 0.4) is 0 Å². The van der Waals surface area contributed by atoms with Crippen LogP contribution >= 0.6 is 18.7 Å². The molecule has 356 valence electrons. The van der Waals surface area contributed by atoms with Crippen LogP contribution in [-0.2, 0) is 36.0 Å². The van der Waals surface area contributed by atoms with Gasteiger partial charge in [-0.05, 0) is 88.5 Å². The van der Waals surface area contributed by atoms with Gasteiger partial charge in [0, 0.05) is 47.7 Å². The molecule has 0 bridgehead atoms. The van der Waals surface area contributed by atoms with Crippen LogP contribution in [0.25, 0.3) is 22.3 Å². The van der Waals surface area contributed by atoms with Crippen molar-refractivity contribution >= 4 is 52.4 Å². The molecule has 0 radical (unpaired) electrons. The summed E-state index contributed by atoms with van der Waals surface area (Å²) in [5.74, 6) is -1.39. The molecule has 66 heavy (non-hydrogen) atoms. The summed E-state index contributed by atoms with van der Waals surface area (Å²) in [6.07, 6.45) is 1.70. The Labute approximate surface area is 387 Å². The molecule has 4 aliphatic rings. The van der Waals surface area contributed by atoms with E-state index in [1.54, 1.807) is 25.3 Å². The molecular formula is C49H60F3N4O8PS. The molecule has 2 aromatic heterocycles. The summed E-state index contributed by atoms with van der Waals surface area (Å²) in [7, 11) is -2.92. The number of anilines is 1. The van der Waals surface area contributed by atoms with E-state index in [1.165, 1.54) is 34.4 Å². The Morgan fingerprint density at radius 3 is 2.44 bits per heavy atom. The number of carbonyl (C=O) groups excluding carboxylic acids is 3. The Kier molecular flexibility index (Phi) is 14.5. The minimum absolute atomic E-state index is 0.00987. The molecule has 2 aromatic carbocycles. The third-order valence-electron chi connectivity index (χ3n) is 13.9. The highest BCUT2D eigenvalue weighted by atomic mass is 32.1. The van der Waals surface area contributed by atoms with E-state index in [4.69, 9.17) is 24.2 Å². The maximum Gasteiger partial charge on any atom is 0.416 e. The Morgan fingerprint density at radius 1 is 0.970 bits per heavy atom. The standard InChI is InChI=1S/C49H60F3N4O8PS/c1-30(2)53-47-55-41(29-66-47)40-24-44(37-20-19-35(62-3)22-39(37)54-40)63-36-23-42-43(57)26-48(65(60,61)28-32-14-9-12-18-38(32)49(50,51)52)25-33(48)15-8-6-4-5-7-13-31(46(59)56(42)27-36)21-45(58)64-34-16-10-11-17-34/h9,12,14,18-20,22,24,29-31,33-34,36,42H,4-8,10-11,13,15-17,21,23,25-28H2,1-3H3,(H,53,55)(H,60,61)/t31-,33+,36-,42+,48-/m1/s1. The second-order valence-corrected chi connectivity index (χ2v) is 22.5. The predicted molar refractivity (Wildman–Crippen MR) is 247 cm³/mol. The molecular weight excluding hydrogens is 893 g/mol. The number of hydrogen-bond acceptors (Lipinski definition) is 11. The monoisotopic (exact) mass is 952 g/mol. The normalized spacial score (nSPS) is 25.4. The summed E-state index contributed by atoms with van der Waals surface area (Å²) in [6, 6.07) is 11.1. The molecule has 2 saturated heterocycles. The van der Waals surface area contributed by atoms with Gasteiger partial charge in [0.25, 0.3) is 0 Å². The molecule has 2 N–H and O–H groups in total. The lowest BCUT2D eigenvalue weighted by molar-refractivity contribution is -0.154. The van der Waals surface area contributed by atoms with Gasteiger partial charge in [0.05, 0.1) is 54.2 Å². The molecule has 2 saturated carbocycles. The van der Waals surface area contributed by atoms with Gasteiger partial charge in [0.1, 0.15) is 29.4 Å². The summed E-state index contributed by atoms with van der Waals surface area (Å²) in [6.45, 7) is 4.03. The summed E-state index contributed by atoms with van der Waals surface area (Å²) >= 11 is 1.44. The van der Waals surface area contributed by atoms with E-state index >= 15 is 4.79 Å². The molecule has 6 atom stereocenters. The largest absolute Gasteiger partial charge is 0.497 e. The van der Waals surface area contributed by atoms with Crippen LogP contribution in [0.4, 0.5) is 18.3 Å². The third-order valence-corrected chi connectivity index (χ3v) is 17.6. The van der Waals surface area contributed by atoms with Crippen molar-refractivity contribution < 1.29 is 51.2 Å². The number of thiazole rings is 1. The molecule has 8 rings (SSSR count). The number of pyridine rings is 1. The van der Waals surface area contributed by atoms with Crippen LogP contribution < -0.4 is 14.8 Å². The van der Waals surface area contributed by atoms with E-state index in [2.05, 4.69) is 5.32 Å². The number of amides is 1. The number of rotatable bonds is 12. The molecule has 2 aliphatic heterocycles. The zero-order chi connectivity index (χ0) is 46.8. The number of ether oxygens (including phenoxy) is 3. The number of halogens is 3. The van der Waals surface area contributed by atoms with E-state index in [0.29, 0.717) is 53.1 Å². The highest BCUT2D eigenvalue weighted by molar-refractivity contribution is 7.59. The van der Waals surface area contributed by atoms with Crippen molar-refractivity contribution in [2.45, 2.75) is 152 Å². The lowest BCUT2D eigenvalue weighted by Crippen LogP contribution is -2.45. The second kappa shape index (κ2) is 20.0. The molecule has 0 spiro atoms. The van der Waals surface area contributed by atoms with Gasteiger partial charge in [-0.1, -0.05) is 50.3 Å². The Morgan fingerprint density at radius 2 is 1.70 bits per heavy atom. The topological polar surface area (TPSA) is 157 Å². The fraction of sp³-hybridized carbons (Fsp3) is 0.571. The number of aromatic nitrogens is 2. The maximum atomic E-state index is 15.0. The average molecular weight is 953 g/mol. The van der Waals surface area contributed by atoms with E-state index in [0.717, 1.165) is 62.6 Å². The lowest BCUT2D eigenvalue weighted by atomic mass is 9.94. The first-order valence-electron chi connectivity index (χ1n) is 23.4. The minimum atomic E-state index is -4.74. The number of benzene rings is 2. The van der Waals surface area contributed by atoms with Crippen molar-refractivity contribution in [3.63, 3.8) is 0 Å². The summed E-state index contributed by atoms with van der Waals surface area (Å²) in [4.78, 5) is 66.6. The number of carbonyl (C=O) groups is 3. The predicted octanol–water partition coefficient (Wildman–Crippen LogP) is 11.0. The zero-order valence-electron chi connectivity index (χ0n) is 37.8. The average Bonchev–Trinajstić information content (AvgIpc) is 3.68. The molecule has 1 amide bonds. The van der Waals surface area contributed by atoms with Crippen molar-refractivity contribution in [1.29, 1.82) is 0 Å². The van der Waals surface area contributed by atoms with Crippen LogP contribution in [0.5, 0.6) is 11.5 Å². The number of Topliss-reactive ketones (excluding diaryl/α,β-unsaturated/α-hetero) is 1. The van der Waals surface area contributed by atoms with Crippen LogP contribution in [0, 0.1) is 11.8 Å². The lowest BCUT2D eigenvalue weighted by Gasteiger charge is -2.30. The molecule has 17 heteroatoms. The van der Waals surface area contributed by atoms with Crippen LogP contribution in [-0.4, -0.2) is 80.5 Å². The summed E-state index contributed by atoms with van der Waals surface area (Å²) < 4.78 is 75.5. The quantitative estimate of drug-likeness (QED) is 0.103. The molecule has 4 fully saturated rings. The molecule has 12 nitrogen and oxygen atoms in total. The Hall–Kier alpha value is -4.53. The van der Waals surface area contributed by atoms with E-state index < -0.39 is 60.2 Å². The van der Waals surface area contributed by atoms with E-state index in [1.807, 2.05) is 25.3 Å². The van der Waals surface area contributed by atoms with Gasteiger partial charge in [0.2, 0.25) is 13.3 Å². The van der Waals surface area contributed by atoms with Gasteiger partial charge in [0.15, 0.2) is 10.9 Å². The van der Waals surface area contributed by atoms with Gasteiger partial charge >= 0.3 is 12.1 Å². The van der Waals surface area contributed by atoms with Crippen molar-refractivity contribution in [2.75, 3.05) is 19.0 Å². The van der Waals surface area contributed by atoms with Gasteiger partial charge in [-0.2, -0.15) is 13.2 Å². The zero-order valence-corrected chi connectivity index (χ0v) is 39.5. The van der Waals surface area contributed by atoms with E-state index in [-0.39, 0.29) is 61.8 Å². The van der Waals surface area contributed by atoms with Crippen molar-refractivity contribution in [3.05, 3.63) is 65.0 Å². The minimum Gasteiger partial charge on any atom is -0.497 e. The first kappa shape index (κ1) is 47.9. The third kappa shape index (κ3) is 10.8. The number of fused-ring (bicyclic) bond motifs is 3. The fourth-order valence-corrected chi connectivity index (χ4v) is 13.9. The number of alkyl halides is 3. The molecule has 4 aromatic rings. The highest BCUT2D eigenvalue weighted by Gasteiger charge is 2.66. The second-order valence-electron chi connectivity index (χ2n) is 19.0. The summed E-state index contributed by atoms with van der Waals surface area (Å²) in [5, 5.41) is 5.15. The summed E-state index contributed by atoms with van der Waals surface area (Å²) in [5.41, 5.74) is 0.456. The molecule has 4 heterocycles. The number of methoxy groups -OCH3 is 1. The SMILES string of the molecule is COc1ccc2c(O[C@@H]3C[C@H]4C(=O)C[C@]5(P(=O)(O)Cc6ccccc6C(F)(F)F)C[C@@H]5CCCCCCC[C@H](CC(=O)OC5CCCC5)C(=O)N4C3)cc(-c3csc(NC(C)C)n3)nc2c1. The molecule has 1 unspecified atom stereocenters. The van der Waals surface area contributed by atoms with Crippen molar-refractivity contribution in [2.24, 2.45) is 11.8 Å². The number of hydrogen-bond donors (Lipinski definition) is 2. The van der Waals surface area contributed by atoms with Gasteiger partial charge in [-0.25, -0.2) is 9.97 Å². The van der Waals surface area contributed by atoms with Gasteiger partial charge in [-0.15, -0.1) is 11.3 Å². The fourth-order valence-electron chi connectivity index (χ4n) is 10.4. The first-order valence-corrected chi connectivity index (χ1v) is 26.1. The Bertz CT molecular complexity index is 2460. The first-order chi connectivity index (χ1) is 31.5. The Balaban J connectivity index is 1.13. The number of ketones is 1. The van der Waals surface area contributed by atoms with Crippen LogP contribution in [0.1, 0.15) is 121 Å². The van der Waals surface area contributed by atoms with Gasteiger partial charge < -0.3 is 29.3 Å². The van der Waals surface area contributed by atoms with Crippen LogP contribution in [0.15, 0.2) is 53.9 Å². The number of nitrogens with zero attached hydrogens (tertiary/aromatic N) is 3. The van der Waals surface area contributed by atoms with E-state index in [9.17, 15) is 32.2 Å². The molecule has 2 aliphatic carbocycles. The van der Waals surface area contributed by atoms with Crippen molar-refractivity contribution in [1.82, 2.24) is 14.9 Å². The number of nitrogens with one attached hydrogen (secondary N) is 1. The number of esters is 1. The highest BCUT2D eigenvalue weighted by Crippen LogP contribution is 2.75. The van der Waals surface area contributed by atoms with Gasteiger partial charge in [-0.3, -0.25) is 18.9 Å². The van der Waals surface area contributed by atoms with Crippen molar-refractivity contribution in [3.8, 4) is 22.9 Å². The van der Waals surface area contributed by atoms with Crippen LogP contribution in [0.2, 0.25) is 0 Å².